The minimum atomic E-state index is -0.658. The molecule has 0 saturated heterocycles. The first-order chi connectivity index (χ1) is 86.3. The Morgan fingerprint density at radius 1 is 1.18 bits per heavy atom. The molecule has 2 aromatic heterocycles. The number of nitrogens with zero attached hydrogens (tertiary/aromatic N) is 4. The number of ketones is 1. The number of pyridine rings is 1. The molecule has 0 bridgehead atoms. The van der Waals surface area contributed by atoms with Gasteiger partial charge in [-0.1, -0.05) is 45.4 Å². The predicted octanol–water partition coefficient (Wildman–Crippen LogP) is 24.2. The highest BCUT2D eigenvalue weighted by Gasteiger charge is 2.56. The standard InChI is InChI=1S/C32H31FN4O.69H2/c1-5-15-31(2)26-13-12-22-27(21-8-6-7-9-23(21)33)36-30(20-14-16-35-24(17-20)19-10-11-19)37-28(22)32(26,3)18-25(34-4)29(31)38;;;;;;;;;;;;;;;;;;;;;;;;;;;;;;;;;;;;;;;;;;;;;;;;;;;;;;;;;;;;;;;;;;;;;/h6-9,14,16-19,26H,5,10-13,15H2,1-3H3;69*1H/t26-,31-,32-;;;;;;;;;;;;;;;;;;;;;;;;;;;;;;;;;;;;;;;;;;;;;;;;;;;;;;;;;;;;;;;;;;;;;/m1...................................................................../s1/i;68*1+2T;1+2. The van der Waals surface area contributed by atoms with E-state index < -0.39 is 10.8 Å². The lowest BCUT2D eigenvalue weighted by Gasteiger charge is -2.52. The fourth-order valence-corrected chi connectivity index (χ4v) is 6.95. The van der Waals surface area contributed by atoms with E-state index in [2.05, 4.69) is 29.7 Å². The van der Waals surface area contributed by atoms with Gasteiger partial charge in [0.25, 0.3) is 0 Å². The molecule has 1 aromatic carbocycles. The van der Waals surface area contributed by atoms with Gasteiger partial charge >= 0.3 is 0 Å². The maximum Gasteiger partial charge on any atom is 0.226 e. The summed E-state index contributed by atoms with van der Waals surface area (Å²) in [5.74, 6) is 0.596. The zero-order valence-corrected chi connectivity index (χ0v) is 22.1. The highest BCUT2D eigenvalue weighted by atomic mass is 19.1. The molecule has 0 unspecified atom stereocenters. The number of carbonyl (C=O) groups is 1. The number of Topliss-reactive ketones (excluding diaryl/α,β-unsaturated/α-hetero) is 1. The predicted molar refractivity (Wildman–Crippen MR) is 290 cm³/mol. The lowest BCUT2D eigenvalue weighted by atomic mass is 9.51. The van der Waals surface area contributed by atoms with Gasteiger partial charge in [0.1, 0.15) is 5.82 Å². The first kappa shape index (κ1) is 3.30. The monoisotopic (exact) mass is 920 g/mol. The Morgan fingerprint density at radius 2 is 1.97 bits per heavy atom. The van der Waals surface area contributed by atoms with E-state index in [-0.39, 0.29) is 24.6 Å². The molecule has 1 saturated carbocycles. The summed E-state index contributed by atoms with van der Waals surface area (Å²) in [6, 6.07) is 10.7. The third-order valence-electron chi connectivity index (χ3n) is 8.93. The first-order valence-electron chi connectivity index (χ1n) is 81.6. The molecule has 6 rings (SSSR count). The number of benzene rings is 1. The zero-order chi connectivity index (χ0) is 163. The molecule has 38 heavy (non-hydrogen) atoms. The van der Waals surface area contributed by atoms with E-state index in [1.807, 2.05) is 25.1 Å². The summed E-state index contributed by atoms with van der Waals surface area (Å²) < 4.78 is 695. The Balaban J connectivity index is -0.0000000127. The van der Waals surface area contributed by atoms with E-state index in [0.717, 1.165) is 48.2 Å². The van der Waals surface area contributed by atoms with Crippen LogP contribution < -0.4 is 0 Å². The van der Waals surface area contributed by atoms with Crippen LogP contribution in [0, 0.1) is 23.7 Å². The topological polar surface area (TPSA) is 60.1 Å². The summed E-state index contributed by atoms with van der Waals surface area (Å²) >= 11 is 0. The van der Waals surface area contributed by atoms with E-state index in [1.165, 1.54) is 6.07 Å². The largest absolute Gasteiger partial charge is 0.307 e. The zero-order valence-electron chi connectivity index (χ0n) is 158. The van der Waals surface area contributed by atoms with Gasteiger partial charge in [0, 0.05) is 249 Å². The number of hydrogen-bond donors (Lipinski definition) is 0. The maximum absolute atomic E-state index is 15.2. The van der Waals surface area contributed by atoms with Crippen molar-refractivity contribution in [2.75, 3.05) is 0 Å². The molecule has 5 nitrogen and oxygen atoms in total. The Bertz CT molecular complexity index is 1670. The minimum absolute atomic E-state index is 0. The average Bonchev–Trinajstić information content (AvgIpc) is 1.03. The number of carbonyl (C=O) groups excluding carboxylic acids is 1. The number of allylic oxidation sites excluding steroid dienone is 2. The van der Waals surface area contributed by atoms with E-state index in [0.29, 0.717) is 35.8 Å². The Morgan fingerprint density at radius 3 is 2.68 bits per heavy atom. The third-order valence-corrected chi connectivity index (χ3v) is 8.93. The van der Waals surface area contributed by atoms with Crippen molar-refractivity contribution < 1.29 is 213 Å². The molecule has 0 radical (unpaired) electrons. The molecule has 6 heteroatoms. The van der Waals surface area contributed by atoms with Crippen molar-refractivity contribution in [3.8, 4) is 22.6 Å². The van der Waals surface area contributed by atoms with Crippen LogP contribution in [0.5, 0.6) is 0 Å². The lowest BCUT2D eigenvalue weighted by Crippen LogP contribution is -2.52. The molecule has 3 aliphatic carbocycles. The molecule has 3 atom stereocenters. The molecule has 2 heterocycles. The summed E-state index contributed by atoms with van der Waals surface area (Å²) in [6.07, 6.45) is 8.87. The molecule has 0 amide bonds. The van der Waals surface area contributed by atoms with Crippen LogP contribution in [-0.4, -0.2) is 20.7 Å². The smallest absolute Gasteiger partial charge is 0.226 e. The summed E-state index contributed by atoms with van der Waals surface area (Å²) in [7, 11) is 0. The van der Waals surface area contributed by atoms with Gasteiger partial charge in [-0.3, -0.25) is 4.98 Å². The summed E-state index contributed by atoms with van der Waals surface area (Å²) in [6.45, 7) is 14.0. The molecular formula is C32H169FN4O. The summed E-state index contributed by atoms with van der Waals surface area (Å²) in [5, 5.41) is 0. The van der Waals surface area contributed by atoms with E-state index in [4.69, 9.17) is 218 Å². The van der Waals surface area contributed by atoms with Crippen LogP contribution in [0.25, 0.3) is 27.5 Å². The van der Waals surface area contributed by atoms with Crippen LogP contribution in [0.2, 0.25) is 0 Å². The Kier molecular flexibility index (Phi) is 0.776. The van der Waals surface area contributed by atoms with Gasteiger partial charge < -0.3 is 4.79 Å². The highest BCUT2D eigenvalue weighted by molar-refractivity contribution is 6.03. The summed E-state index contributed by atoms with van der Waals surface area (Å²) in [4.78, 5) is 31.9. The second-order valence-electron chi connectivity index (χ2n) is 11.5. The number of fused-ring (bicyclic) bond motifs is 3. The van der Waals surface area contributed by atoms with Gasteiger partial charge in [-0.2, -0.15) is 0 Å². The first-order valence-corrected chi connectivity index (χ1v) is 13.6. The average molecular weight is 921 g/mol. The molecule has 330 valence electrons. The number of halogens is 1. The lowest BCUT2D eigenvalue weighted by molar-refractivity contribution is -0.130. The van der Waals surface area contributed by atoms with Gasteiger partial charge in [-0.15, -0.1) is 0 Å². The van der Waals surface area contributed by atoms with Crippen molar-refractivity contribution in [3.05, 3.63) is 88.6 Å². The SMILES string of the molecule is [3HH].[3H][3H].[3H][3H].[3H][3H].[3H][3H].[3H][3H].[3H][3H].[3H][3H].[3H][3H].[3H][3H].[3H][3H].[3H][3H].[3H][3H].[3H][3H].[3H][3H].[3H][3H].[3H][3H].[3H][3H].[3H][3H].[3H][3H].[3H][3H].[3H][3H].[3H][3H].[3H][3H].[3H][3H].[3H][3H].[3H][3H].[3H][3H].[3H][3H].[3H][3H].[3H][3H].[3H][3H].[3H][3H].[3H][3H].[3H][3H].[3H][3H].[3H][3H].[3H][3H].[3H][3H].[3H][3H].[3H][3H].[3H][3H].[3H][3H].[3H][3H].[3H][3H].[3H][3H].[3H][3H].[3H][3H].[3H][3H].[3H][3H].[3H][3H].[3H][3H].[3H][3H].[3H][3H].[3H][3H].[3H][3H].[3H][3H].[3H][3H].[3H][3H].[3H][3H].[3H][3H].[3H][3H].[3H][3H].[3H][3H].[3H][3H].[3H][3H].[3H][3H].[3H][3H].[3H][3H].[C-]#[N+]C1=C[C@@]2(C)c3nc(-c4ccnc(C5CC5)c4)nc(-c4ccccc4F)c3CC[C@@H]2[C@@](C)(CCC)C1=O. The highest BCUT2D eigenvalue weighted by Crippen LogP contribution is 2.57. The quantitative estimate of drug-likeness (QED) is 0.239. The molecule has 3 aliphatic rings. The van der Waals surface area contributed by atoms with E-state index in [9.17, 15) is 4.79 Å². The molecule has 1 fully saturated rings. The number of aromatic nitrogens is 3. The maximum atomic E-state index is 15.2. The minimum Gasteiger partial charge on any atom is -0.307 e. The molecule has 0 aliphatic heterocycles. The second-order valence-corrected chi connectivity index (χ2v) is 11.5. The second kappa shape index (κ2) is 8.94. The van der Waals surface area contributed by atoms with Crippen molar-refractivity contribution in [3.63, 3.8) is 0 Å². The van der Waals surface area contributed by atoms with Gasteiger partial charge in [0.05, 0.1) is 18.0 Å². The van der Waals surface area contributed by atoms with Crippen LogP contribution in [0.4, 0.5) is 4.39 Å². The van der Waals surface area contributed by atoms with Crippen LogP contribution in [0.1, 0.15) is 279 Å². The van der Waals surface area contributed by atoms with Crippen molar-refractivity contribution in [1.82, 2.24) is 15.0 Å². The van der Waals surface area contributed by atoms with Crippen molar-refractivity contribution in [1.29, 1.82) is 0 Å². The molecule has 3 aromatic rings. The van der Waals surface area contributed by atoms with Gasteiger partial charge in [0.15, 0.2) is 11.6 Å². The van der Waals surface area contributed by atoms with Gasteiger partial charge in [-0.05, 0) is 62.3 Å². The van der Waals surface area contributed by atoms with E-state index >= 15 is 4.39 Å². The number of hydrogen-bond acceptors (Lipinski definition) is 4. The number of rotatable bonds is 5. The van der Waals surface area contributed by atoms with Crippen molar-refractivity contribution in [2.45, 2.75) is 70.6 Å². The van der Waals surface area contributed by atoms with Gasteiger partial charge in [0.2, 0.25) is 5.70 Å². The van der Waals surface area contributed by atoms with Crippen LogP contribution >= 0.6 is 0 Å². The van der Waals surface area contributed by atoms with E-state index in [1.54, 1.807) is 18.3 Å². The van der Waals surface area contributed by atoms with Crippen LogP contribution in [-0.2, 0) is 16.6 Å². The molecule has 0 spiro atoms. The third kappa shape index (κ3) is 3.71. The normalized spacial score (nSPS) is 40.6. The van der Waals surface area contributed by atoms with Crippen molar-refractivity contribution >= 4 is 5.78 Å². The Labute approximate surface area is 434 Å². The molecule has 0 N–H and O–H groups in total. The Hall–Kier alpha value is -3.72. The molecular weight excluding hydrogens is 475 g/mol. The van der Waals surface area contributed by atoms with Crippen molar-refractivity contribution in [2.24, 2.45) is 11.3 Å². The van der Waals surface area contributed by atoms with Crippen LogP contribution in [0.3, 0.4) is 0 Å². The summed E-state index contributed by atoms with van der Waals surface area (Å²) in [5.41, 5.74) is 3.51. The fourth-order valence-electron chi connectivity index (χ4n) is 6.95. The van der Waals surface area contributed by atoms with Gasteiger partial charge in [-0.25, -0.2) is 19.2 Å². The van der Waals surface area contributed by atoms with Crippen LogP contribution in [0.15, 0.2) is 54.4 Å². The fraction of sp³-hybridized carbons (Fsp3) is 0.406.